The first-order valence-electron chi connectivity index (χ1n) is 10.6. The van der Waals surface area contributed by atoms with Gasteiger partial charge in [0.05, 0.1) is 6.04 Å². The van der Waals surface area contributed by atoms with E-state index in [1.54, 1.807) is 18.2 Å². The predicted molar refractivity (Wildman–Crippen MR) is 117 cm³/mol. The van der Waals surface area contributed by atoms with E-state index in [0.717, 1.165) is 31.4 Å². The smallest absolute Gasteiger partial charge is 0.141 e. The van der Waals surface area contributed by atoms with E-state index in [2.05, 4.69) is 40.2 Å². The topological polar surface area (TPSA) is 35.6 Å². The van der Waals surface area contributed by atoms with Crippen LogP contribution >= 0.6 is 0 Å². The number of likely N-dealkylation sites (N-methyl/N-ethyl adjacent to an activating group) is 1. The van der Waals surface area contributed by atoms with E-state index in [1.807, 2.05) is 7.05 Å². The number of anilines is 1. The van der Waals surface area contributed by atoms with Crippen LogP contribution in [0.4, 0.5) is 10.1 Å². The van der Waals surface area contributed by atoms with Gasteiger partial charge >= 0.3 is 0 Å². The van der Waals surface area contributed by atoms with Crippen LogP contribution in [-0.4, -0.2) is 50.5 Å². The number of hydrogen-bond donors (Lipinski definition) is 1. The second kappa shape index (κ2) is 10.5. The number of piperidine rings is 1. The molecule has 1 unspecified atom stereocenters. The number of benzene rings is 2. The first-order valence-corrected chi connectivity index (χ1v) is 10.6. The van der Waals surface area contributed by atoms with Crippen LogP contribution in [0.15, 0.2) is 48.5 Å². The zero-order valence-corrected chi connectivity index (χ0v) is 17.5. The third-order valence-electron chi connectivity index (χ3n) is 6.03. The van der Waals surface area contributed by atoms with Gasteiger partial charge in [0.25, 0.3) is 0 Å². The molecule has 4 nitrogen and oxygen atoms in total. The van der Waals surface area contributed by atoms with Crippen molar-refractivity contribution in [3.05, 3.63) is 65.5 Å². The largest absolute Gasteiger partial charge is 0.368 e. The zero-order valence-electron chi connectivity index (χ0n) is 17.5. The summed E-state index contributed by atoms with van der Waals surface area (Å²) in [4.78, 5) is 16.3. The Morgan fingerprint density at radius 2 is 1.86 bits per heavy atom. The number of halogens is 1. The molecule has 1 saturated heterocycles. The van der Waals surface area contributed by atoms with Crippen molar-refractivity contribution in [3.8, 4) is 0 Å². The highest BCUT2D eigenvalue weighted by atomic mass is 19.1. The van der Waals surface area contributed by atoms with E-state index < -0.39 is 0 Å². The van der Waals surface area contributed by atoms with Crippen LogP contribution in [0, 0.1) is 5.82 Å². The van der Waals surface area contributed by atoms with Crippen LogP contribution in [-0.2, 0) is 11.2 Å². The average Bonchev–Trinajstić information content (AvgIpc) is 3.19. The van der Waals surface area contributed by atoms with Gasteiger partial charge in [-0.1, -0.05) is 37.3 Å². The molecule has 0 radical (unpaired) electrons. The Balaban J connectivity index is 0.000000290. The van der Waals surface area contributed by atoms with Crippen molar-refractivity contribution < 1.29 is 9.18 Å². The summed E-state index contributed by atoms with van der Waals surface area (Å²) in [6.07, 6.45) is 4.62. The Hall–Kier alpha value is -2.24. The molecule has 1 N–H and O–H groups in total. The lowest BCUT2D eigenvalue weighted by molar-refractivity contribution is -0.109. The minimum atomic E-state index is -0.199. The van der Waals surface area contributed by atoms with E-state index in [-0.39, 0.29) is 11.9 Å². The molecule has 0 saturated carbocycles. The molecular formula is C24H32FN3O. The summed E-state index contributed by atoms with van der Waals surface area (Å²) in [7, 11) is 1.84. The molecule has 1 atom stereocenters. The monoisotopic (exact) mass is 397 g/mol. The highest BCUT2D eigenvalue weighted by Crippen LogP contribution is 2.34. The summed E-state index contributed by atoms with van der Waals surface area (Å²) < 4.78 is 11.9. The van der Waals surface area contributed by atoms with Gasteiger partial charge in [0, 0.05) is 31.4 Å². The van der Waals surface area contributed by atoms with Gasteiger partial charge in [0.1, 0.15) is 12.1 Å². The maximum Gasteiger partial charge on any atom is 0.141 e. The Bertz CT molecular complexity index is 775. The van der Waals surface area contributed by atoms with Gasteiger partial charge in [-0.2, -0.15) is 0 Å². The molecule has 29 heavy (non-hydrogen) atoms. The van der Waals surface area contributed by atoms with Crippen molar-refractivity contribution in [3.63, 3.8) is 0 Å². The molecule has 2 aromatic carbocycles. The number of carbonyl (C=O) groups excluding carboxylic acids is 1. The number of nitrogens with zero attached hydrogens (tertiary/aromatic N) is 2. The van der Waals surface area contributed by atoms with Crippen molar-refractivity contribution in [1.29, 1.82) is 0 Å². The molecule has 0 spiro atoms. The summed E-state index contributed by atoms with van der Waals surface area (Å²) in [5.41, 5.74) is 3.87. The van der Waals surface area contributed by atoms with E-state index in [1.165, 1.54) is 49.3 Å². The zero-order chi connectivity index (χ0) is 20.6. The minimum Gasteiger partial charge on any atom is -0.368 e. The Morgan fingerprint density at radius 3 is 2.41 bits per heavy atom. The van der Waals surface area contributed by atoms with Gasteiger partial charge in [-0.15, -0.1) is 0 Å². The third-order valence-corrected chi connectivity index (χ3v) is 6.03. The lowest BCUT2D eigenvalue weighted by Crippen LogP contribution is -2.44. The third kappa shape index (κ3) is 5.43. The van der Waals surface area contributed by atoms with Crippen LogP contribution < -0.4 is 10.2 Å². The van der Waals surface area contributed by atoms with Crippen molar-refractivity contribution >= 4 is 12.0 Å². The number of fused-ring (bicyclic) bond motifs is 1. The molecule has 2 aliphatic rings. The van der Waals surface area contributed by atoms with Gasteiger partial charge in [0.2, 0.25) is 0 Å². The summed E-state index contributed by atoms with van der Waals surface area (Å²) in [6, 6.07) is 14.9. The molecule has 0 amide bonds. The average molecular weight is 398 g/mol. The number of likely N-dealkylation sites (tertiary alicyclic amines) is 1. The number of carbonyl (C=O) groups is 1. The molecule has 0 aromatic heterocycles. The van der Waals surface area contributed by atoms with Crippen LogP contribution in [0.3, 0.4) is 0 Å². The van der Waals surface area contributed by atoms with Gasteiger partial charge in [-0.3, -0.25) is 0 Å². The summed E-state index contributed by atoms with van der Waals surface area (Å²) in [5, 5.41) is 3.07. The van der Waals surface area contributed by atoms with Crippen LogP contribution in [0.1, 0.15) is 36.9 Å². The first kappa shape index (κ1) is 21.5. The van der Waals surface area contributed by atoms with Crippen LogP contribution in [0.25, 0.3) is 0 Å². The van der Waals surface area contributed by atoms with E-state index in [9.17, 15) is 9.18 Å². The standard InChI is InChI=1S/C18H27N3O.C6H5F/c1-3-20-9-7-16(8-10-20)21-11-6-14-4-5-15(12-18(14)21)17(13-22)19-2;7-6-4-2-1-3-5-6/h4-5,12-13,16-17,19H,3,6-11H2,1-2H3;1-5H. The first-order chi connectivity index (χ1) is 14.2. The van der Waals surface area contributed by atoms with Gasteiger partial charge in [-0.05, 0) is 62.2 Å². The number of nitrogens with one attached hydrogen (secondary N) is 1. The quantitative estimate of drug-likeness (QED) is 0.778. The van der Waals surface area contributed by atoms with Crippen LogP contribution in [0.5, 0.6) is 0 Å². The van der Waals surface area contributed by atoms with Crippen molar-refractivity contribution in [1.82, 2.24) is 10.2 Å². The fraction of sp³-hybridized carbons (Fsp3) is 0.458. The van der Waals surface area contributed by atoms with E-state index in [0.29, 0.717) is 6.04 Å². The fourth-order valence-corrected chi connectivity index (χ4v) is 4.27. The predicted octanol–water partition coefficient (Wildman–Crippen LogP) is 3.82. The molecule has 0 bridgehead atoms. The van der Waals surface area contributed by atoms with Crippen molar-refractivity contribution in [2.45, 2.75) is 38.3 Å². The second-order valence-corrected chi connectivity index (χ2v) is 7.69. The maximum atomic E-state index is 11.9. The molecule has 5 heteroatoms. The molecular weight excluding hydrogens is 365 g/mol. The van der Waals surface area contributed by atoms with Gasteiger partial charge < -0.3 is 19.9 Å². The minimum absolute atomic E-state index is 0.178. The molecule has 2 heterocycles. The molecule has 2 aliphatic heterocycles. The summed E-state index contributed by atoms with van der Waals surface area (Å²) in [5.74, 6) is -0.178. The normalized spacial score (nSPS) is 18.0. The van der Waals surface area contributed by atoms with E-state index >= 15 is 0 Å². The molecule has 2 aromatic rings. The maximum absolute atomic E-state index is 11.9. The fourth-order valence-electron chi connectivity index (χ4n) is 4.27. The number of rotatable bonds is 5. The van der Waals surface area contributed by atoms with Crippen molar-refractivity contribution in [2.75, 3.05) is 38.1 Å². The van der Waals surface area contributed by atoms with Gasteiger partial charge in [-0.25, -0.2) is 4.39 Å². The van der Waals surface area contributed by atoms with Gasteiger partial charge in [0.15, 0.2) is 0 Å². The summed E-state index contributed by atoms with van der Waals surface area (Å²) in [6.45, 7) is 6.95. The Morgan fingerprint density at radius 1 is 1.14 bits per heavy atom. The number of hydrogen-bond acceptors (Lipinski definition) is 4. The molecule has 1 fully saturated rings. The molecule has 156 valence electrons. The SMILES string of the molecule is CCN1CCC(N2CCc3ccc(C(C=O)NC)cc32)CC1.Fc1ccccc1. The lowest BCUT2D eigenvalue weighted by atomic mass is 10.0. The Labute approximate surface area is 173 Å². The molecule has 4 rings (SSSR count). The van der Waals surface area contributed by atoms with E-state index in [4.69, 9.17) is 0 Å². The second-order valence-electron chi connectivity index (χ2n) is 7.69. The highest BCUT2D eigenvalue weighted by Gasteiger charge is 2.29. The highest BCUT2D eigenvalue weighted by molar-refractivity contribution is 5.66. The summed E-state index contributed by atoms with van der Waals surface area (Å²) >= 11 is 0. The van der Waals surface area contributed by atoms with Crippen molar-refractivity contribution in [2.24, 2.45) is 0 Å². The number of aldehydes is 1. The lowest BCUT2D eigenvalue weighted by Gasteiger charge is -2.37. The molecule has 0 aliphatic carbocycles. The van der Waals surface area contributed by atoms with Crippen LogP contribution in [0.2, 0.25) is 0 Å². The Kier molecular flexibility index (Phi) is 7.78.